The molecule has 1 amide bonds. The number of rotatable bonds is 4. The maximum Gasteiger partial charge on any atom is 0.325 e. The molecule has 1 atom stereocenters. The number of H-pyrrole nitrogens is 1. The first-order chi connectivity index (χ1) is 13.1. The zero-order valence-electron chi connectivity index (χ0n) is 15.0. The molecule has 0 unspecified atom stereocenters. The molecule has 0 spiro atoms. The maximum absolute atomic E-state index is 12.4. The highest BCUT2D eigenvalue weighted by molar-refractivity contribution is 5.92. The standard InChI is InChI=1S/C20H21N3O4/c1-13-17(14-5-2-3-6-15(14)21-13)18(20(25)26)22-8-10-23(11-9-22)19(24)16-7-4-12-27-16/h2-7,12,18,21H,8-11H2,1H3,(H,25,26)/t18-/m0/s1. The molecule has 1 fully saturated rings. The van der Waals surface area contributed by atoms with Gasteiger partial charge in [-0.15, -0.1) is 0 Å². The van der Waals surface area contributed by atoms with Crippen LogP contribution in [0.1, 0.15) is 27.9 Å². The molecule has 140 valence electrons. The van der Waals surface area contributed by atoms with Gasteiger partial charge in [-0.25, -0.2) is 0 Å². The Morgan fingerprint density at radius 1 is 1.11 bits per heavy atom. The van der Waals surface area contributed by atoms with Crippen LogP contribution in [0.2, 0.25) is 0 Å². The number of amides is 1. The van der Waals surface area contributed by atoms with Crippen LogP contribution in [0.4, 0.5) is 0 Å². The van der Waals surface area contributed by atoms with Gasteiger partial charge in [0.05, 0.1) is 6.26 Å². The van der Waals surface area contributed by atoms with Crippen molar-refractivity contribution in [2.75, 3.05) is 26.2 Å². The Kier molecular flexibility index (Phi) is 4.45. The van der Waals surface area contributed by atoms with Gasteiger partial charge in [0.15, 0.2) is 5.76 Å². The smallest absolute Gasteiger partial charge is 0.325 e. The highest BCUT2D eigenvalue weighted by atomic mass is 16.4. The first-order valence-corrected chi connectivity index (χ1v) is 8.93. The largest absolute Gasteiger partial charge is 0.480 e. The molecule has 4 rings (SSSR count). The van der Waals surface area contributed by atoms with Gasteiger partial charge in [0.1, 0.15) is 6.04 Å². The van der Waals surface area contributed by atoms with Crippen molar-refractivity contribution >= 4 is 22.8 Å². The van der Waals surface area contributed by atoms with Gasteiger partial charge in [-0.1, -0.05) is 18.2 Å². The summed E-state index contributed by atoms with van der Waals surface area (Å²) in [6, 6.07) is 10.3. The van der Waals surface area contributed by atoms with E-state index < -0.39 is 12.0 Å². The number of carbonyl (C=O) groups excluding carboxylic acids is 1. The summed E-state index contributed by atoms with van der Waals surface area (Å²) in [7, 11) is 0. The molecule has 7 heteroatoms. The molecule has 3 aromatic rings. The van der Waals surface area contributed by atoms with E-state index >= 15 is 0 Å². The third-order valence-corrected chi connectivity index (χ3v) is 5.15. The van der Waals surface area contributed by atoms with E-state index in [1.165, 1.54) is 6.26 Å². The topological polar surface area (TPSA) is 89.8 Å². The third kappa shape index (κ3) is 3.10. The summed E-state index contributed by atoms with van der Waals surface area (Å²) in [6.45, 7) is 3.81. The number of carboxylic acids is 1. The van der Waals surface area contributed by atoms with Crippen LogP contribution in [-0.4, -0.2) is 57.9 Å². The van der Waals surface area contributed by atoms with Crippen molar-refractivity contribution in [3.8, 4) is 0 Å². The van der Waals surface area contributed by atoms with Gasteiger partial charge in [-0.3, -0.25) is 14.5 Å². The molecule has 1 aromatic carbocycles. The molecular weight excluding hydrogens is 346 g/mol. The molecule has 1 aliphatic heterocycles. The highest BCUT2D eigenvalue weighted by Crippen LogP contribution is 2.32. The van der Waals surface area contributed by atoms with Crippen molar-refractivity contribution < 1.29 is 19.1 Å². The Hall–Kier alpha value is -3.06. The van der Waals surface area contributed by atoms with Crippen LogP contribution in [0.25, 0.3) is 10.9 Å². The van der Waals surface area contributed by atoms with E-state index in [-0.39, 0.29) is 5.91 Å². The third-order valence-electron chi connectivity index (χ3n) is 5.15. The number of nitrogens with one attached hydrogen (secondary N) is 1. The molecule has 0 bridgehead atoms. The minimum absolute atomic E-state index is 0.158. The lowest BCUT2D eigenvalue weighted by atomic mass is 10.0. The second kappa shape index (κ2) is 6.92. The van der Waals surface area contributed by atoms with E-state index in [1.807, 2.05) is 36.1 Å². The van der Waals surface area contributed by atoms with E-state index in [9.17, 15) is 14.7 Å². The van der Waals surface area contributed by atoms with Crippen LogP contribution in [0.3, 0.4) is 0 Å². The van der Waals surface area contributed by atoms with Gasteiger partial charge in [-0.2, -0.15) is 0 Å². The average Bonchev–Trinajstić information content (AvgIpc) is 3.30. The van der Waals surface area contributed by atoms with Gasteiger partial charge in [0.25, 0.3) is 5.91 Å². The van der Waals surface area contributed by atoms with Crippen molar-refractivity contribution in [2.24, 2.45) is 0 Å². The maximum atomic E-state index is 12.4. The van der Waals surface area contributed by atoms with Crippen molar-refractivity contribution in [1.29, 1.82) is 0 Å². The fourth-order valence-electron chi connectivity index (χ4n) is 3.85. The Labute approximate surface area is 156 Å². The number of aromatic amines is 1. The van der Waals surface area contributed by atoms with Crippen LogP contribution in [-0.2, 0) is 4.79 Å². The molecule has 0 radical (unpaired) electrons. The van der Waals surface area contributed by atoms with Gasteiger partial charge in [0, 0.05) is 48.3 Å². The van der Waals surface area contributed by atoms with E-state index in [2.05, 4.69) is 4.98 Å². The number of aliphatic carboxylic acids is 1. The molecule has 3 heterocycles. The van der Waals surface area contributed by atoms with Crippen molar-refractivity contribution in [2.45, 2.75) is 13.0 Å². The zero-order chi connectivity index (χ0) is 19.0. The quantitative estimate of drug-likeness (QED) is 0.740. The van der Waals surface area contributed by atoms with Gasteiger partial charge < -0.3 is 19.4 Å². The lowest BCUT2D eigenvalue weighted by molar-refractivity contribution is -0.144. The van der Waals surface area contributed by atoms with Gasteiger partial charge >= 0.3 is 5.97 Å². The fourth-order valence-corrected chi connectivity index (χ4v) is 3.85. The number of hydrogen-bond acceptors (Lipinski definition) is 4. The number of furan rings is 1. The molecule has 0 aliphatic carbocycles. The van der Waals surface area contributed by atoms with E-state index in [1.54, 1.807) is 17.0 Å². The molecule has 2 N–H and O–H groups in total. The number of piperazine rings is 1. The zero-order valence-corrected chi connectivity index (χ0v) is 15.0. The number of benzene rings is 1. The lowest BCUT2D eigenvalue weighted by Gasteiger charge is -2.37. The molecule has 1 aliphatic rings. The second-order valence-electron chi connectivity index (χ2n) is 6.76. The highest BCUT2D eigenvalue weighted by Gasteiger charge is 2.34. The van der Waals surface area contributed by atoms with Crippen LogP contribution in [0, 0.1) is 6.92 Å². The minimum Gasteiger partial charge on any atom is -0.480 e. The SMILES string of the molecule is Cc1[nH]c2ccccc2c1[C@@H](C(=O)O)N1CCN(C(=O)c2ccco2)CC1. The van der Waals surface area contributed by atoms with Crippen molar-refractivity contribution in [3.63, 3.8) is 0 Å². The Balaban J connectivity index is 1.57. The van der Waals surface area contributed by atoms with Crippen LogP contribution < -0.4 is 0 Å². The number of fused-ring (bicyclic) bond motifs is 1. The van der Waals surface area contributed by atoms with E-state index in [0.29, 0.717) is 31.9 Å². The van der Waals surface area contributed by atoms with Crippen LogP contribution in [0.5, 0.6) is 0 Å². The monoisotopic (exact) mass is 367 g/mol. The van der Waals surface area contributed by atoms with Crippen LogP contribution >= 0.6 is 0 Å². The van der Waals surface area contributed by atoms with Crippen molar-refractivity contribution in [3.05, 3.63) is 59.7 Å². The summed E-state index contributed by atoms with van der Waals surface area (Å²) in [6.07, 6.45) is 1.48. The van der Waals surface area contributed by atoms with Gasteiger partial charge in [-0.05, 0) is 25.1 Å². The fraction of sp³-hybridized carbons (Fsp3) is 0.300. The summed E-state index contributed by atoms with van der Waals surface area (Å²) >= 11 is 0. The molecule has 1 saturated heterocycles. The number of hydrogen-bond donors (Lipinski definition) is 2. The van der Waals surface area contributed by atoms with E-state index in [4.69, 9.17) is 4.42 Å². The molecule has 27 heavy (non-hydrogen) atoms. The molecule has 0 saturated carbocycles. The number of aryl methyl sites for hydroxylation is 1. The molecular formula is C20H21N3O4. The van der Waals surface area contributed by atoms with Crippen LogP contribution in [0.15, 0.2) is 47.1 Å². The van der Waals surface area contributed by atoms with E-state index in [0.717, 1.165) is 22.2 Å². The summed E-state index contributed by atoms with van der Waals surface area (Å²) in [5, 5.41) is 10.9. The predicted molar refractivity (Wildman–Crippen MR) is 99.6 cm³/mol. The number of para-hydroxylation sites is 1. The minimum atomic E-state index is -0.881. The predicted octanol–water partition coefficient (Wildman–Crippen LogP) is 2.65. The summed E-state index contributed by atoms with van der Waals surface area (Å²) < 4.78 is 5.18. The normalized spacial score (nSPS) is 16.6. The molecule has 7 nitrogen and oxygen atoms in total. The van der Waals surface area contributed by atoms with Crippen molar-refractivity contribution in [1.82, 2.24) is 14.8 Å². The summed E-state index contributed by atoms with van der Waals surface area (Å²) in [5.74, 6) is -0.728. The Morgan fingerprint density at radius 3 is 2.52 bits per heavy atom. The lowest BCUT2D eigenvalue weighted by Crippen LogP contribution is -2.51. The number of nitrogens with zero attached hydrogens (tertiary/aromatic N) is 2. The first-order valence-electron chi connectivity index (χ1n) is 8.93. The Morgan fingerprint density at radius 2 is 1.85 bits per heavy atom. The first kappa shape index (κ1) is 17.4. The second-order valence-corrected chi connectivity index (χ2v) is 6.76. The number of aromatic nitrogens is 1. The number of carbonyl (C=O) groups is 2. The average molecular weight is 367 g/mol. The summed E-state index contributed by atoms with van der Waals surface area (Å²) in [5.41, 5.74) is 2.59. The number of carboxylic acid groups (broad SMARTS) is 1. The Bertz CT molecular complexity index is 968. The molecule has 2 aromatic heterocycles. The van der Waals surface area contributed by atoms with Gasteiger partial charge in [0.2, 0.25) is 0 Å². The summed E-state index contributed by atoms with van der Waals surface area (Å²) in [4.78, 5) is 31.5.